The van der Waals surface area contributed by atoms with Crippen LogP contribution in [0.4, 0.5) is 0 Å². The van der Waals surface area contributed by atoms with Crippen LogP contribution in [0.3, 0.4) is 0 Å². The summed E-state index contributed by atoms with van der Waals surface area (Å²) in [5.41, 5.74) is 0. The summed E-state index contributed by atoms with van der Waals surface area (Å²) < 4.78 is 23.4. The van der Waals surface area contributed by atoms with Crippen LogP contribution in [-0.2, 0) is 9.84 Å². The van der Waals surface area contributed by atoms with Gasteiger partial charge in [0.05, 0.1) is 10.5 Å². The van der Waals surface area contributed by atoms with E-state index in [1.807, 2.05) is 13.8 Å². The van der Waals surface area contributed by atoms with Gasteiger partial charge in [-0.3, -0.25) is 0 Å². The quantitative estimate of drug-likeness (QED) is 0.608. The first-order chi connectivity index (χ1) is 5.37. The largest absolute Gasteiger partial charge is 0.309 e. The highest BCUT2D eigenvalue weighted by Gasteiger charge is 2.39. The maximum absolute atomic E-state index is 11.7. The monoisotopic (exact) mass is 191 g/mol. The van der Waals surface area contributed by atoms with Crippen molar-refractivity contribution in [2.75, 3.05) is 0 Å². The van der Waals surface area contributed by atoms with Crippen LogP contribution in [0.2, 0.25) is 0 Å². The molecule has 1 saturated heterocycles. The summed E-state index contributed by atoms with van der Waals surface area (Å²) in [6, 6.07) is 0.141. The summed E-state index contributed by atoms with van der Waals surface area (Å²) in [7, 11) is -2.90. The van der Waals surface area contributed by atoms with Gasteiger partial charge >= 0.3 is 0 Å². The molecule has 1 fully saturated rings. The fourth-order valence-corrected chi connectivity index (χ4v) is 3.57. The summed E-state index contributed by atoms with van der Waals surface area (Å²) in [6.07, 6.45) is 0. The molecule has 4 unspecified atom stereocenters. The normalized spacial score (nSPS) is 47.3. The molecule has 0 amide bonds. The maximum Gasteiger partial charge on any atom is 0.158 e. The fraction of sp³-hybridized carbons (Fsp3) is 1.00. The Hall–Kier alpha value is -0.0900. The van der Waals surface area contributed by atoms with Gasteiger partial charge in [0.1, 0.15) is 0 Å². The number of nitrogens with one attached hydrogen (secondary N) is 1. The molecule has 1 aliphatic rings. The SMILES string of the molecule is CC1NC(C)C(C)S(=O)(=O)C1C. The van der Waals surface area contributed by atoms with Crippen molar-refractivity contribution in [2.24, 2.45) is 0 Å². The standard InChI is InChI=1S/C8H17NO2S/c1-5-7(3)12(10,11)8(4)6(2)9-5/h5-9H,1-4H3. The molecule has 0 aliphatic carbocycles. The Balaban J connectivity index is 2.98. The van der Waals surface area contributed by atoms with Gasteiger partial charge in [-0.1, -0.05) is 0 Å². The second-order valence-electron chi connectivity index (χ2n) is 3.74. The number of hydrogen-bond donors (Lipinski definition) is 1. The lowest BCUT2D eigenvalue weighted by Gasteiger charge is -2.36. The first-order valence-electron chi connectivity index (χ1n) is 4.36. The minimum Gasteiger partial charge on any atom is -0.309 e. The highest BCUT2D eigenvalue weighted by molar-refractivity contribution is 7.92. The Bertz CT molecular complexity index is 240. The number of hydrogen-bond acceptors (Lipinski definition) is 3. The molecule has 4 atom stereocenters. The van der Waals surface area contributed by atoms with E-state index in [1.165, 1.54) is 0 Å². The summed E-state index contributed by atoms with van der Waals surface area (Å²) in [5, 5.41) is 2.73. The van der Waals surface area contributed by atoms with Crippen molar-refractivity contribution in [1.82, 2.24) is 5.32 Å². The van der Waals surface area contributed by atoms with Crippen molar-refractivity contribution in [2.45, 2.75) is 50.3 Å². The van der Waals surface area contributed by atoms with Crippen LogP contribution in [0.15, 0.2) is 0 Å². The molecule has 4 heteroatoms. The van der Waals surface area contributed by atoms with E-state index in [2.05, 4.69) is 5.32 Å². The lowest BCUT2D eigenvalue weighted by molar-refractivity contribution is 0.405. The summed E-state index contributed by atoms with van der Waals surface area (Å²) >= 11 is 0. The van der Waals surface area contributed by atoms with Crippen molar-refractivity contribution >= 4 is 9.84 Å². The van der Waals surface area contributed by atoms with E-state index in [-0.39, 0.29) is 22.6 Å². The molecule has 12 heavy (non-hydrogen) atoms. The van der Waals surface area contributed by atoms with Gasteiger partial charge in [-0.2, -0.15) is 0 Å². The molecule has 0 bridgehead atoms. The van der Waals surface area contributed by atoms with Crippen LogP contribution in [0.5, 0.6) is 0 Å². The molecule has 1 rings (SSSR count). The Morgan fingerprint density at radius 2 is 1.25 bits per heavy atom. The van der Waals surface area contributed by atoms with Crippen LogP contribution < -0.4 is 5.32 Å². The molecule has 0 aromatic rings. The zero-order valence-corrected chi connectivity index (χ0v) is 8.85. The minimum absolute atomic E-state index is 0.0706. The average molecular weight is 191 g/mol. The summed E-state index contributed by atoms with van der Waals surface area (Å²) in [6.45, 7) is 7.39. The summed E-state index contributed by atoms with van der Waals surface area (Å²) in [5.74, 6) is 0. The average Bonchev–Trinajstić information content (AvgIpc) is 1.99. The van der Waals surface area contributed by atoms with E-state index in [0.717, 1.165) is 0 Å². The molecule has 0 aromatic carbocycles. The van der Waals surface area contributed by atoms with Crippen molar-refractivity contribution < 1.29 is 8.42 Å². The van der Waals surface area contributed by atoms with E-state index in [1.54, 1.807) is 13.8 Å². The van der Waals surface area contributed by atoms with Gasteiger partial charge in [0, 0.05) is 12.1 Å². The van der Waals surface area contributed by atoms with Gasteiger partial charge in [-0.15, -0.1) is 0 Å². The van der Waals surface area contributed by atoms with Gasteiger partial charge in [-0.25, -0.2) is 8.42 Å². The molecule has 0 aromatic heterocycles. The fourth-order valence-electron chi connectivity index (χ4n) is 1.59. The van der Waals surface area contributed by atoms with Crippen molar-refractivity contribution in [1.29, 1.82) is 0 Å². The first kappa shape index (κ1) is 9.99. The van der Waals surface area contributed by atoms with Crippen molar-refractivity contribution in [3.05, 3.63) is 0 Å². The molecular formula is C8H17NO2S. The van der Waals surface area contributed by atoms with Crippen LogP contribution in [0.1, 0.15) is 27.7 Å². The zero-order chi connectivity index (χ0) is 9.52. The maximum atomic E-state index is 11.7. The van der Waals surface area contributed by atoms with Crippen molar-refractivity contribution in [3.63, 3.8) is 0 Å². The molecule has 0 saturated carbocycles. The molecule has 0 spiro atoms. The molecule has 0 radical (unpaired) electrons. The van der Waals surface area contributed by atoms with Crippen LogP contribution in [-0.4, -0.2) is 31.0 Å². The minimum atomic E-state index is -2.90. The second kappa shape index (κ2) is 3.00. The molecule has 1 N–H and O–H groups in total. The van der Waals surface area contributed by atoms with E-state index < -0.39 is 9.84 Å². The van der Waals surface area contributed by atoms with Gasteiger partial charge < -0.3 is 5.32 Å². The lowest BCUT2D eigenvalue weighted by atomic mass is 10.1. The van der Waals surface area contributed by atoms with Gasteiger partial charge in [-0.05, 0) is 27.7 Å². The Morgan fingerprint density at radius 1 is 0.917 bits per heavy atom. The topological polar surface area (TPSA) is 46.2 Å². The van der Waals surface area contributed by atoms with Crippen LogP contribution in [0.25, 0.3) is 0 Å². The Kier molecular flexibility index (Phi) is 2.50. The second-order valence-corrected chi connectivity index (χ2v) is 6.41. The first-order valence-corrected chi connectivity index (χ1v) is 5.97. The zero-order valence-electron chi connectivity index (χ0n) is 8.03. The highest BCUT2D eigenvalue weighted by atomic mass is 32.2. The van der Waals surface area contributed by atoms with Crippen LogP contribution >= 0.6 is 0 Å². The summed E-state index contributed by atoms with van der Waals surface area (Å²) in [4.78, 5) is 0. The number of rotatable bonds is 0. The van der Waals surface area contributed by atoms with E-state index in [0.29, 0.717) is 0 Å². The third-order valence-corrected chi connectivity index (χ3v) is 5.86. The number of sulfone groups is 1. The molecule has 1 heterocycles. The predicted octanol–water partition coefficient (Wildman–Crippen LogP) is 0.558. The van der Waals surface area contributed by atoms with E-state index >= 15 is 0 Å². The third-order valence-electron chi connectivity index (χ3n) is 2.97. The third kappa shape index (κ3) is 1.38. The lowest BCUT2D eigenvalue weighted by Crippen LogP contribution is -2.58. The molecule has 1 aliphatic heterocycles. The van der Waals surface area contributed by atoms with Crippen molar-refractivity contribution in [3.8, 4) is 0 Å². The molecule has 72 valence electrons. The molecule has 3 nitrogen and oxygen atoms in total. The Morgan fingerprint density at radius 3 is 1.58 bits per heavy atom. The van der Waals surface area contributed by atoms with Gasteiger partial charge in [0.15, 0.2) is 9.84 Å². The van der Waals surface area contributed by atoms with Crippen LogP contribution in [0, 0.1) is 0 Å². The smallest absolute Gasteiger partial charge is 0.158 e. The van der Waals surface area contributed by atoms with Gasteiger partial charge in [0.25, 0.3) is 0 Å². The molecular weight excluding hydrogens is 174 g/mol. The van der Waals surface area contributed by atoms with E-state index in [9.17, 15) is 8.42 Å². The Labute approximate surface area is 74.5 Å². The highest BCUT2D eigenvalue weighted by Crippen LogP contribution is 2.21. The van der Waals surface area contributed by atoms with Gasteiger partial charge in [0.2, 0.25) is 0 Å². The van der Waals surface area contributed by atoms with E-state index in [4.69, 9.17) is 0 Å². The predicted molar refractivity (Wildman–Crippen MR) is 49.9 cm³/mol.